The molecule has 0 aliphatic heterocycles. The molecule has 0 saturated carbocycles. The van der Waals surface area contributed by atoms with E-state index in [4.69, 9.17) is 5.11 Å². The third-order valence-electron chi connectivity index (χ3n) is 2.08. The van der Waals surface area contributed by atoms with Crippen LogP contribution in [0.1, 0.15) is 11.4 Å². The second-order valence-electron chi connectivity index (χ2n) is 3.12. The Morgan fingerprint density at radius 3 is 2.67 bits per heavy atom. The molecule has 1 heterocycles. The van der Waals surface area contributed by atoms with Crippen LogP contribution in [-0.2, 0) is 13.2 Å². The van der Waals surface area contributed by atoms with Gasteiger partial charge in [-0.05, 0) is 40.3 Å². The molecule has 0 radical (unpaired) electrons. The van der Waals surface area contributed by atoms with Crippen molar-refractivity contribution in [2.75, 3.05) is 0 Å². The fourth-order valence-corrected chi connectivity index (χ4v) is 1.66. The molecule has 0 amide bonds. The molecule has 1 aromatic carbocycles. The molecule has 0 fully saturated rings. The van der Waals surface area contributed by atoms with Gasteiger partial charge in [0.25, 0.3) is 0 Å². The molecule has 1 N–H and O–H groups in total. The van der Waals surface area contributed by atoms with Gasteiger partial charge in [-0.15, -0.1) is 0 Å². The number of nitrogens with zero attached hydrogens (tertiary/aromatic N) is 3. The molecular weight excluding hydrogens is 305 g/mol. The van der Waals surface area contributed by atoms with E-state index in [2.05, 4.69) is 32.7 Å². The highest BCUT2D eigenvalue weighted by Gasteiger charge is 2.02. The largest absolute Gasteiger partial charge is 0.388 e. The molecule has 0 spiro atoms. The van der Waals surface area contributed by atoms with Gasteiger partial charge in [-0.2, -0.15) is 5.10 Å². The predicted octanol–water partition coefficient (Wildman–Crippen LogP) is 1.42. The molecule has 1 aromatic heterocycles. The number of hydrogen-bond donors (Lipinski definition) is 1. The Kier molecular flexibility index (Phi) is 3.32. The predicted molar refractivity (Wildman–Crippen MR) is 64.2 cm³/mol. The highest BCUT2D eigenvalue weighted by Crippen LogP contribution is 2.08. The Hall–Kier alpha value is -0.950. The summed E-state index contributed by atoms with van der Waals surface area (Å²) >= 11 is 2.27. The number of rotatable bonds is 3. The maximum Gasteiger partial charge on any atom is 0.152 e. The van der Waals surface area contributed by atoms with Gasteiger partial charge >= 0.3 is 0 Å². The summed E-state index contributed by atoms with van der Waals surface area (Å²) < 4.78 is 2.90. The van der Waals surface area contributed by atoms with Gasteiger partial charge in [0.1, 0.15) is 12.9 Å². The smallest absolute Gasteiger partial charge is 0.152 e. The summed E-state index contributed by atoms with van der Waals surface area (Å²) in [5.74, 6) is 0.591. The topological polar surface area (TPSA) is 50.9 Å². The number of benzene rings is 1. The molecule has 0 aliphatic carbocycles. The van der Waals surface area contributed by atoms with E-state index < -0.39 is 0 Å². The number of halogens is 1. The standard InChI is InChI=1S/C10H10IN3O/c11-9-3-1-8(2-4-9)5-14-10(6-15)12-7-13-14/h1-4,7,15H,5-6H2. The van der Waals surface area contributed by atoms with Gasteiger partial charge in [0.15, 0.2) is 5.82 Å². The van der Waals surface area contributed by atoms with Crippen LogP contribution in [-0.4, -0.2) is 19.9 Å². The summed E-state index contributed by atoms with van der Waals surface area (Å²) in [5, 5.41) is 13.1. The lowest BCUT2D eigenvalue weighted by Gasteiger charge is -2.04. The summed E-state index contributed by atoms with van der Waals surface area (Å²) in [4.78, 5) is 3.95. The first-order chi connectivity index (χ1) is 7.29. The molecule has 0 saturated heterocycles. The van der Waals surface area contributed by atoms with E-state index in [-0.39, 0.29) is 6.61 Å². The third-order valence-corrected chi connectivity index (χ3v) is 2.80. The highest BCUT2D eigenvalue weighted by atomic mass is 127. The van der Waals surface area contributed by atoms with Gasteiger partial charge in [-0.1, -0.05) is 12.1 Å². The molecule has 78 valence electrons. The summed E-state index contributed by atoms with van der Waals surface area (Å²) in [6.07, 6.45) is 1.46. The molecule has 2 aromatic rings. The van der Waals surface area contributed by atoms with Gasteiger partial charge < -0.3 is 5.11 Å². The van der Waals surface area contributed by atoms with E-state index in [0.29, 0.717) is 12.4 Å². The van der Waals surface area contributed by atoms with Crippen LogP contribution in [0, 0.1) is 3.57 Å². The molecule has 0 atom stereocenters. The number of aliphatic hydroxyl groups excluding tert-OH is 1. The Balaban J connectivity index is 2.18. The minimum Gasteiger partial charge on any atom is -0.388 e. The van der Waals surface area contributed by atoms with Crippen molar-refractivity contribution < 1.29 is 5.11 Å². The third kappa shape index (κ3) is 2.54. The quantitative estimate of drug-likeness (QED) is 0.872. The van der Waals surface area contributed by atoms with E-state index in [1.54, 1.807) is 4.68 Å². The average molecular weight is 315 g/mol. The van der Waals surface area contributed by atoms with Gasteiger partial charge in [-0.25, -0.2) is 9.67 Å². The fraction of sp³-hybridized carbons (Fsp3) is 0.200. The highest BCUT2D eigenvalue weighted by molar-refractivity contribution is 14.1. The molecule has 15 heavy (non-hydrogen) atoms. The van der Waals surface area contributed by atoms with E-state index in [1.807, 2.05) is 24.3 Å². The van der Waals surface area contributed by atoms with E-state index in [9.17, 15) is 0 Å². The lowest BCUT2D eigenvalue weighted by molar-refractivity contribution is 0.264. The van der Waals surface area contributed by atoms with Crippen LogP contribution in [0.15, 0.2) is 30.6 Å². The minimum atomic E-state index is -0.0790. The summed E-state index contributed by atoms with van der Waals surface area (Å²) in [6, 6.07) is 8.19. The van der Waals surface area contributed by atoms with Crippen molar-refractivity contribution in [1.29, 1.82) is 0 Å². The zero-order valence-corrected chi connectivity index (χ0v) is 10.1. The second-order valence-corrected chi connectivity index (χ2v) is 4.36. The zero-order valence-electron chi connectivity index (χ0n) is 7.97. The van der Waals surface area contributed by atoms with E-state index in [0.717, 1.165) is 5.56 Å². The maximum atomic E-state index is 9.00. The van der Waals surface area contributed by atoms with Crippen LogP contribution in [0.2, 0.25) is 0 Å². The molecule has 0 aliphatic rings. The zero-order chi connectivity index (χ0) is 10.7. The molecule has 0 bridgehead atoms. The Morgan fingerprint density at radius 2 is 2.00 bits per heavy atom. The van der Waals surface area contributed by atoms with Crippen molar-refractivity contribution in [3.05, 3.63) is 45.6 Å². The summed E-state index contributed by atoms with van der Waals surface area (Å²) in [6.45, 7) is 0.567. The molecule has 4 nitrogen and oxygen atoms in total. The minimum absolute atomic E-state index is 0.0790. The van der Waals surface area contributed by atoms with Crippen molar-refractivity contribution in [2.24, 2.45) is 0 Å². The van der Waals surface area contributed by atoms with Crippen molar-refractivity contribution in [3.8, 4) is 0 Å². The van der Waals surface area contributed by atoms with Crippen LogP contribution in [0.4, 0.5) is 0 Å². The van der Waals surface area contributed by atoms with Gasteiger partial charge in [0.2, 0.25) is 0 Å². The van der Waals surface area contributed by atoms with Crippen LogP contribution in [0.3, 0.4) is 0 Å². The fourth-order valence-electron chi connectivity index (χ4n) is 1.31. The van der Waals surface area contributed by atoms with Crippen molar-refractivity contribution in [1.82, 2.24) is 14.8 Å². The number of hydrogen-bond acceptors (Lipinski definition) is 3. The van der Waals surface area contributed by atoms with Gasteiger partial charge in [-0.3, -0.25) is 0 Å². The Labute approximate surface area is 101 Å². The van der Waals surface area contributed by atoms with Gasteiger partial charge in [0.05, 0.1) is 6.54 Å². The van der Waals surface area contributed by atoms with Crippen LogP contribution >= 0.6 is 22.6 Å². The first kappa shape index (κ1) is 10.6. The average Bonchev–Trinajstić information content (AvgIpc) is 2.69. The molecular formula is C10H10IN3O. The van der Waals surface area contributed by atoms with E-state index >= 15 is 0 Å². The van der Waals surface area contributed by atoms with E-state index in [1.165, 1.54) is 9.90 Å². The van der Waals surface area contributed by atoms with Crippen LogP contribution in [0.25, 0.3) is 0 Å². The SMILES string of the molecule is OCc1ncnn1Cc1ccc(I)cc1. The second kappa shape index (κ2) is 4.71. The van der Waals surface area contributed by atoms with Crippen LogP contribution < -0.4 is 0 Å². The van der Waals surface area contributed by atoms with Crippen molar-refractivity contribution in [3.63, 3.8) is 0 Å². The lowest BCUT2D eigenvalue weighted by atomic mass is 10.2. The first-order valence-electron chi connectivity index (χ1n) is 4.51. The maximum absolute atomic E-state index is 9.00. The Bertz CT molecular complexity index is 438. The molecule has 0 unspecified atom stereocenters. The van der Waals surface area contributed by atoms with Crippen molar-refractivity contribution in [2.45, 2.75) is 13.2 Å². The first-order valence-corrected chi connectivity index (χ1v) is 5.59. The monoisotopic (exact) mass is 315 g/mol. The van der Waals surface area contributed by atoms with Gasteiger partial charge in [0, 0.05) is 3.57 Å². The normalized spacial score (nSPS) is 10.5. The summed E-state index contributed by atoms with van der Waals surface area (Å²) in [5.41, 5.74) is 1.15. The number of aliphatic hydroxyl groups is 1. The van der Waals surface area contributed by atoms with Crippen molar-refractivity contribution >= 4 is 22.6 Å². The molecule has 5 heteroatoms. The number of aromatic nitrogens is 3. The molecule has 2 rings (SSSR count). The Morgan fingerprint density at radius 1 is 1.27 bits per heavy atom. The summed E-state index contributed by atoms with van der Waals surface area (Å²) in [7, 11) is 0. The van der Waals surface area contributed by atoms with Crippen LogP contribution in [0.5, 0.6) is 0 Å². The lowest BCUT2D eigenvalue weighted by Crippen LogP contribution is -2.06.